The van der Waals surface area contributed by atoms with E-state index in [1.165, 1.54) is 0 Å². The van der Waals surface area contributed by atoms with E-state index in [1.807, 2.05) is 39.0 Å². The van der Waals surface area contributed by atoms with Gasteiger partial charge in [-0.25, -0.2) is 4.79 Å². The van der Waals surface area contributed by atoms with Crippen LogP contribution in [0.3, 0.4) is 0 Å². The number of aryl methyl sites for hydroxylation is 2. The second-order valence-corrected chi connectivity index (χ2v) is 5.64. The summed E-state index contributed by atoms with van der Waals surface area (Å²) in [7, 11) is -1.75. The van der Waals surface area contributed by atoms with Gasteiger partial charge >= 0.3 is 13.3 Å². The molecule has 0 saturated heterocycles. The minimum absolute atomic E-state index is 0.181. The van der Waals surface area contributed by atoms with Crippen LogP contribution in [0.1, 0.15) is 41.3 Å². The Kier molecular flexibility index (Phi) is 4.82. The van der Waals surface area contributed by atoms with Gasteiger partial charge < -0.3 is 0 Å². The van der Waals surface area contributed by atoms with Gasteiger partial charge in [-0.3, -0.25) is 0 Å². The third-order valence-electron chi connectivity index (χ3n) is 2.64. The second kappa shape index (κ2) is 5.91. The van der Waals surface area contributed by atoms with Crippen LogP contribution in [-0.4, -0.2) is 11.7 Å². The summed E-state index contributed by atoms with van der Waals surface area (Å²) in [5.74, 6) is 0. The summed E-state index contributed by atoms with van der Waals surface area (Å²) >= 11 is 0. The van der Waals surface area contributed by atoms with E-state index in [4.69, 9.17) is 0 Å². The van der Waals surface area contributed by atoms with Crippen LogP contribution in [0.15, 0.2) is 18.2 Å². The summed E-state index contributed by atoms with van der Waals surface area (Å²) < 4.78 is 11.8. The summed E-state index contributed by atoms with van der Waals surface area (Å²) in [6.07, 6.45) is 2.34. The number of carbonyl (C=O) groups is 1. The molecule has 0 bridgehead atoms. The van der Waals surface area contributed by atoms with Gasteiger partial charge in [0.2, 0.25) is 0 Å². The number of hydrogen-bond donors (Lipinski definition) is 0. The maximum Gasteiger partial charge on any atom is 0.420 e. The Balaban J connectivity index is 2.92. The lowest BCUT2D eigenvalue weighted by atomic mass is 10.0. The molecule has 16 heavy (non-hydrogen) atoms. The first-order valence-corrected chi connectivity index (χ1v) is 7.07. The molecule has 3 heteroatoms. The van der Waals surface area contributed by atoms with Gasteiger partial charge in [0.25, 0.3) is 0 Å². The molecule has 0 N–H and O–H groups in total. The lowest BCUT2D eigenvalue weighted by molar-refractivity contribution is 0.107. The molecule has 1 aromatic rings. The molecular formula is C13H18O2P+. The molecule has 0 spiro atoms. The van der Waals surface area contributed by atoms with Crippen LogP contribution in [0.2, 0.25) is 0 Å². The average molecular weight is 237 g/mol. The quantitative estimate of drug-likeness (QED) is 0.723. The molecule has 1 rings (SSSR count). The smallest absolute Gasteiger partial charge is 0.234 e. The predicted molar refractivity (Wildman–Crippen MR) is 67.6 cm³/mol. The van der Waals surface area contributed by atoms with Gasteiger partial charge in [0.05, 0.1) is 5.56 Å². The van der Waals surface area contributed by atoms with Crippen molar-refractivity contribution in [2.75, 3.05) is 6.16 Å². The van der Waals surface area contributed by atoms with E-state index in [9.17, 15) is 9.36 Å². The summed E-state index contributed by atoms with van der Waals surface area (Å²) in [4.78, 5) is 12.0. The molecule has 0 radical (unpaired) electrons. The van der Waals surface area contributed by atoms with E-state index in [-0.39, 0.29) is 5.52 Å². The summed E-state index contributed by atoms with van der Waals surface area (Å²) in [5, 5.41) is 0. The topological polar surface area (TPSA) is 34.1 Å². The Bertz CT molecular complexity index is 390. The fourth-order valence-corrected chi connectivity index (χ4v) is 3.09. The van der Waals surface area contributed by atoms with E-state index in [0.29, 0.717) is 11.7 Å². The van der Waals surface area contributed by atoms with Gasteiger partial charge in [-0.1, -0.05) is 36.1 Å². The highest BCUT2D eigenvalue weighted by molar-refractivity contribution is 7.64. The molecule has 2 nitrogen and oxygen atoms in total. The average Bonchev–Trinajstić information content (AvgIpc) is 2.25. The van der Waals surface area contributed by atoms with Gasteiger partial charge in [-0.2, -0.15) is 0 Å². The van der Waals surface area contributed by atoms with Crippen molar-refractivity contribution in [1.82, 2.24) is 0 Å². The Morgan fingerprint density at radius 1 is 1.25 bits per heavy atom. The van der Waals surface area contributed by atoms with E-state index >= 15 is 0 Å². The van der Waals surface area contributed by atoms with Crippen LogP contribution in [-0.2, 0) is 4.57 Å². The first kappa shape index (κ1) is 13.1. The van der Waals surface area contributed by atoms with Crippen molar-refractivity contribution in [3.63, 3.8) is 0 Å². The molecule has 0 aromatic heterocycles. The van der Waals surface area contributed by atoms with Gasteiger partial charge in [-0.15, -0.1) is 0 Å². The third kappa shape index (κ3) is 2.99. The fourth-order valence-electron chi connectivity index (χ4n) is 1.68. The van der Waals surface area contributed by atoms with Crippen LogP contribution in [0.5, 0.6) is 0 Å². The zero-order chi connectivity index (χ0) is 12.1. The largest absolute Gasteiger partial charge is 0.420 e. The Labute approximate surface area is 97.9 Å². The van der Waals surface area contributed by atoms with Crippen molar-refractivity contribution in [3.8, 4) is 0 Å². The fraction of sp³-hybridized carbons (Fsp3) is 0.462. The molecule has 0 amide bonds. The van der Waals surface area contributed by atoms with E-state index in [1.54, 1.807) is 0 Å². The number of hydrogen-bond acceptors (Lipinski definition) is 2. The van der Waals surface area contributed by atoms with Crippen LogP contribution in [0.4, 0.5) is 0 Å². The van der Waals surface area contributed by atoms with Crippen molar-refractivity contribution < 1.29 is 9.36 Å². The van der Waals surface area contributed by atoms with Gasteiger partial charge in [0, 0.05) is 0 Å². The van der Waals surface area contributed by atoms with Crippen LogP contribution in [0.25, 0.3) is 0 Å². The predicted octanol–water partition coefficient (Wildman–Crippen LogP) is 4.07. The van der Waals surface area contributed by atoms with Gasteiger partial charge in [0.1, 0.15) is 0 Å². The first-order valence-electron chi connectivity index (χ1n) is 5.63. The van der Waals surface area contributed by atoms with Crippen LogP contribution in [0, 0.1) is 13.8 Å². The van der Waals surface area contributed by atoms with Crippen molar-refractivity contribution in [1.29, 1.82) is 0 Å². The van der Waals surface area contributed by atoms with Gasteiger partial charge in [-0.05, 0) is 31.4 Å². The Morgan fingerprint density at radius 2 is 1.81 bits per heavy atom. The molecule has 86 valence electrons. The number of carbonyl (C=O) groups excluding carboxylic acids is 1. The molecule has 0 fully saturated rings. The minimum atomic E-state index is -1.75. The van der Waals surface area contributed by atoms with Crippen molar-refractivity contribution in [3.05, 3.63) is 34.9 Å². The monoisotopic (exact) mass is 237 g/mol. The highest BCUT2D eigenvalue weighted by Gasteiger charge is 2.31. The third-order valence-corrected chi connectivity index (χ3v) is 4.04. The Hall–Kier alpha value is -1.01. The molecule has 1 aromatic carbocycles. The second-order valence-electron chi connectivity index (χ2n) is 4.03. The zero-order valence-electron chi connectivity index (χ0n) is 10.1. The molecule has 1 atom stereocenters. The van der Waals surface area contributed by atoms with E-state index < -0.39 is 7.80 Å². The summed E-state index contributed by atoms with van der Waals surface area (Å²) in [6, 6.07) is 5.70. The lowest BCUT2D eigenvalue weighted by Gasteiger charge is -2.01. The maximum atomic E-state index is 12.0. The number of benzene rings is 1. The van der Waals surface area contributed by atoms with Crippen molar-refractivity contribution >= 4 is 13.3 Å². The molecule has 1 unspecified atom stereocenters. The SMILES string of the molecule is CCCC[P+](=O)C(=O)c1c(C)cccc1C. The van der Waals surface area contributed by atoms with Crippen molar-refractivity contribution in [2.45, 2.75) is 33.6 Å². The van der Waals surface area contributed by atoms with Crippen LogP contribution < -0.4 is 0 Å². The molecule has 0 aliphatic carbocycles. The van der Waals surface area contributed by atoms with E-state index in [2.05, 4.69) is 0 Å². The highest BCUT2D eigenvalue weighted by atomic mass is 31.1. The minimum Gasteiger partial charge on any atom is -0.234 e. The number of unbranched alkanes of at least 4 members (excludes halogenated alkanes) is 1. The van der Waals surface area contributed by atoms with E-state index in [0.717, 1.165) is 24.0 Å². The lowest BCUT2D eigenvalue weighted by Crippen LogP contribution is -2.01. The molecule has 0 heterocycles. The Morgan fingerprint density at radius 3 is 2.31 bits per heavy atom. The molecule has 0 aliphatic heterocycles. The molecule has 0 aliphatic rings. The normalized spacial score (nSPS) is 11.3. The zero-order valence-corrected chi connectivity index (χ0v) is 11.0. The highest BCUT2D eigenvalue weighted by Crippen LogP contribution is 2.31. The first-order chi connectivity index (χ1) is 7.57. The maximum absolute atomic E-state index is 12.0. The van der Waals surface area contributed by atoms with Crippen LogP contribution >= 0.6 is 7.80 Å². The van der Waals surface area contributed by atoms with Gasteiger partial charge in [0.15, 0.2) is 6.16 Å². The number of rotatable bonds is 5. The standard InChI is InChI=1S/C13H18O2P/c1-4-5-9-16(15)13(14)12-10(2)7-6-8-11(12)3/h6-8H,4-5,9H2,1-3H3/q+1. The summed E-state index contributed by atoms with van der Waals surface area (Å²) in [5.41, 5.74) is 2.31. The molecule has 0 saturated carbocycles. The summed E-state index contributed by atoms with van der Waals surface area (Å²) in [6.45, 7) is 5.82. The molecular weight excluding hydrogens is 219 g/mol. The van der Waals surface area contributed by atoms with Crippen molar-refractivity contribution in [2.24, 2.45) is 0 Å².